The fourth-order valence-electron chi connectivity index (χ4n) is 3.83. The molecule has 4 rings (SSSR count). The Morgan fingerprint density at radius 2 is 1.58 bits per heavy atom. The largest absolute Gasteiger partial charge is 0.369 e. The fourth-order valence-corrected chi connectivity index (χ4v) is 3.83. The van der Waals surface area contributed by atoms with E-state index in [0.29, 0.717) is 0 Å². The van der Waals surface area contributed by atoms with Crippen LogP contribution >= 0.6 is 0 Å². The number of H-pyrrole nitrogens is 1. The van der Waals surface area contributed by atoms with E-state index in [1.165, 1.54) is 33.4 Å². The van der Waals surface area contributed by atoms with E-state index in [-0.39, 0.29) is 0 Å². The maximum atomic E-state index is 3.52. The van der Waals surface area contributed by atoms with Gasteiger partial charge in [0, 0.05) is 55.0 Å². The number of piperazine rings is 1. The topological polar surface area (TPSA) is 22.3 Å². The van der Waals surface area contributed by atoms with Gasteiger partial charge in [0.2, 0.25) is 0 Å². The molecule has 1 saturated heterocycles. The predicted octanol–water partition coefficient (Wildman–Crippen LogP) is 4.11. The van der Waals surface area contributed by atoms with Crippen molar-refractivity contribution in [2.75, 3.05) is 31.1 Å². The van der Waals surface area contributed by atoms with Crippen LogP contribution in [0, 0.1) is 13.8 Å². The lowest BCUT2D eigenvalue weighted by atomic mass is 10.1. The lowest BCUT2D eigenvalue weighted by Crippen LogP contribution is -2.46. The molecule has 1 aromatic heterocycles. The second-order valence-electron chi connectivity index (χ2n) is 6.82. The van der Waals surface area contributed by atoms with Crippen molar-refractivity contribution in [1.82, 2.24) is 9.88 Å². The Labute approximate surface area is 143 Å². The molecule has 0 spiro atoms. The Balaban J connectivity index is 1.46. The number of hydrogen-bond acceptors (Lipinski definition) is 2. The summed E-state index contributed by atoms with van der Waals surface area (Å²) in [7, 11) is 0. The summed E-state index contributed by atoms with van der Waals surface area (Å²) >= 11 is 0. The number of aromatic nitrogens is 1. The maximum absolute atomic E-state index is 3.52. The molecule has 2 heterocycles. The van der Waals surface area contributed by atoms with Crippen molar-refractivity contribution in [3.63, 3.8) is 0 Å². The van der Waals surface area contributed by atoms with Crippen LogP contribution in [0.1, 0.15) is 16.8 Å². The van der Waals surface area contributed by atoms with Gasteiger partial charge in [-0.1, -0.05) is 36.4 Å². The summed E-state index contributed by atoms with van der Waals surface area (Å²) in [4.78, 5) is 8.62. The number of anilines is 1. The first kappa shape index (κ1) is 15.3. The highest BCUT2D eigenvalue weighted by Crippen LogP contribution is 2.25. The highest BCUT2D eigenvalue weighted by atomic mass is 15.3. The Morgan fingerprint density at radius 3 is 2.38 bits per heavy atom. The smallest absolute Gasteiger partial charge is 0.0459 e. The normalized spacial score (nSPS) is 16.0. The van der Waals surface area contributed by atoms with Crippen LogP contribution in [-0.2, 0) is 6.54 Å². The first-order valence-electron chi connectivity index (χ1n) is 8.81. The molecule has 1 aliphatic rings. The van der Waals surface area contributed by atoms with Gasteiger partial charge in [0.25, 0.3) is 0 Å². The van der Waals surface area contributed by atoms with E-state index in [1.807, 2.05) is 0 Å². The summed E-state index contributed by atoms with van der Waals surface area (Å²) in [5.74, 6) is 0. The Kier molecular flexibility index (Phi) is 4.03. The molecule has 3 nitrogen and oxygen atoms in total. The zero-order valence-corrected chi connectivity index (χ0v) is 14.5. The number of hydrogen-bond donors (Lipinski definition) is 1. The van der Waals surface area contributed by atoms with Crippen LogP contribution in [0.3, 0.4) is 0 Å². The molecule has 3 heteroatoms. The van der Waals surface area contributed by atoms with E-state index in [9.17, 15) is 0 Å². The molecule has 2 aromatic carbocycles. The Morgan fingerprint density at radius 1 is 0.875 bits per heavy atom. The average Bonchev–Trinajstić information content (AvgIpc) is 2.92. The minimum atomic E-state index is 1.04. The van der Waals surface area contributed by atoms with Crippen molar-refractivity contribution in [3.05, 3.63) is 65.4 Å². The van der Waals surface area contributed by atoms with Gasteiger partial charge < -0.3 is 9.88 Å². The summed E-state index contributed by atoms with van der Waals surface area (Å²) in [5, 5.41) is 1.37. The maximum Gasteiger partial charge on any atom is 0.0459 e. The van der Waals surface area contributed by atoms with E-state index in [2.05, 4.69) is 77.2 Å². The quantitative estimate of drug-likeness (QED) is 0.785. The molecule has 0 amide bonds. The third-order valence-corrected chi connectivity index (χ3v) is 5.24. The molecule has 0 saturated carbocycles. The van der Waals surface area contributed by atoms with Crippen molar-refractivity contribution >= 4 is 16.6 Å². The van der Waals surface area contributed by atoms with Crippen LogP contribution < -0.4 is 4.90 Å². The second-order valence-corrected chi connectivity index (χ2v) is 6.82. The van der Waals surface area contributed by atoms with Gasteiger partial charge >= 0.3 is 0 Å². The molecule has 1 aliphatic heterocycles. The third kappa shape index (κ3) is 2.80. The molecule has 0 atom stereocenters. The lowest BCUT2D eigenvalue weighted by Gasteiger charge is -2.36. The molecule has 124 valence electrons. The van der Waals surface area contributed by atoms with Crippen molar-refractivity contribution in [1.29, 1.82) is 0 Å². The van der Waals surface area contributed by atoms with Crippen molar-refractivity contribution in [2.24, 2.45) is 0 Å². The summed E-state index contributed by atoms with van der Waals surface area (Å²) in [6.45, 7) is 9.88. The zero-order chi connectivity index (χ0) is 16.5. The number of aromatic amines is 1. The zero-order valence-electron chi connectivity index (χ0n) is 14.5. The van der Waals surface area contributed by atoms with Crippen molar-refractivity contribution in [3.8, 4) is 0 Å². The van der Waals surface area contributed by atoms with E-state index in [0.717, 1.165) is 32.7 Å². The number of aryl methyl sites for hydroxylation is 2. The summed E-state index contributed by atoms with van der Waals surface area (Å²) in [6.07, 6.45) is 0. The number of fused-ring (bicyclic) bond motifs is 1. The number of benzene rings is 2. The molecule has 1 N–H and O–H groups in total. The van der Waals surface area contributed by atoms with Gasteiger partial charge in [0.1, 0.15) is 0 Å². The molecule has 24 heavy (non-hydrogen) atoms. The minimum Gasteiger partial charge on any atom is -0.369 e. The molecule has 0 radical (unpaired) electrons. The summed E-state index contributed by atoms with van der Waals surface area (Å²) in [5.41, 5.74) is 6.77. The van der Waals surface area contributed by atoms with Gasteiger partial charge in [-0.3, -0.25) is 4.90 Å². The first-order valence-corrected chi connectivity index (χ1v) is 8.81. The van der Waals surface area contributed by atoms with Crippen LogP contribution in [0.25, 0.3) is 10.9 Å². The molecular formula is C21H25N3. The van der Waals surface area contributed by atoms with Gasteiger partial charge in [-0.2, -0.15) is 0 Å². The van der Waals surface area contributed by atoms with Crippen LogP contribution in [0.15, 0.2) is 48.5 Å². The highest BCUT2D eigenvalue weighted by Gasteiger charge is 2.20. The van der Waals surface area contributed by atoms with Crippen molar-refractivity contribution < 1.29 is 0 Å². The molecular weight excluding hydrogens is 294 g/mol. The highest BCUT2D eigenvalue weighted by molar-refractivity contribution is 5.84. The van der Waals surface area contributed by atoms with Gasteiger partial charge in [0.15, 0.2) is 0 Å². The monoisotopic (exact) mass is 319 g/mol. The van der Waals surface area contributed by atoms with Crippen LogP contribution in [0.5, 0.6) is 0 Å². The van der Waals surface area contributed by atoms with Crippen LogP contribution in [0.4, 0.5) is 5.69 Å². The number of rotatable bonds is 3. The summed E-state index contributed by atoms with van der Waals surface area (Å²) < 4.78 is 0. The molecule has 1 fully saturated rings. The van der Waals surface area contributed by atoms with Gasteiger partial charge in [-0.25, -0.2) is 0 Å². The number of nitrogens with one attached hydrogen (secondary N) is 1. The van der Waals surface area contributed by atoms with E-state index < -0.39 is 0 Å². The fraction of sp³-hybridized carbons (Fsp3) is 0.333. The molecule has 0 bridgehead atoms. The Bertz CT molecular complexity index is 841. The van der Waals surface area contributed by atoms with E-state index in [1.54, 1.807) is 0 Å². The first-order chi connectivity index (χ1) is 11.7. The standard InChI is InChI=1S/C21H25N3/c1-16-7-3-6-10-21(16)24-13-11-23(12-14-24)15-19-17(2)22-20-9-5-4-8-18(19)20/h3-10,22H,11-15H2,1-2H3. The second kappa shape index (κ2) is 6.33. The average molecular weight is 319 g/mol. The third-order valence-electron chi connectivity index (χ3n) is 5.24. The number of para-hydroxylation sites is 2. The van der Waals surface area contributed by atoms with Crippen LogP contribution in [-0.4, -0.2) is 36.1 Å². The Hall–Kier alpha value is -2.26. The van der Waals surface area contributed by atoms with Gasteiger partial charge in [0.05, 0.1) is 0 Å². The van der Waals surface area contributed by atoms with E-state index in [4.69, 9.17) is 0 Å². The van der Waals surface area contributed by atoms with Crippen molar-refractivity contribution in [2.45, 2.75) is 20.4 Å². The van der Waals surface area contributed by atoms with Crippen LogP contribution in [0.2, 0.25) is 0 Å². The summed E-state index contributed by atoms with van der Waals surface area (Å²) in [6, 6.07) is 17.3. The van der Waals surface area contributed by atoms with E-state index >= 15 is 0 Å². The van der Waals surface area contributed by atoms with Gasteiger partial charge in [-0.15, -0.1) is 0 Å². The SMILES string of the molecule is Cc1ccccc1N1CCN(Cc2c(C)[nH]c3ccccc23)CC1. The lowest BCUT2D eigenvalue weighted by molar-refractivity contribution is 0.250. The minimum absolute atomic E-state index is 1.04. The molecule has 0 aliphatic carbocycles. The van der Waals surface area contributed by atoms with Gasteiger partial charge in [-0.05, 0) is 37.1 Å². The molecule has 3 aromatic rings. The predicted molar refractivity (Wildman–Crippen MR) is 102 cm³/mol. The molecule has 0 unspecified atom stereocenters. The number of nitrogens with zero attached hydrogens (tertiary/aromatic N) is 2.